The average molecular weight is 282 g/mol. The first-order chi connectivity index (χ1) is 9.47. The van der Waals surface area contributed by atoms with Gasteiger partial charge in [0.05, 0.1) is 6.61 Å². The molecular formula is C17H34N2O. The highest BCUT2D eigenvalue weighted by atomic mass is 16.3. The highest BCUT2D eigenvalue weighted by molar-refractivity contribution is 4.99. The second kappa shape index (κ2) is 6.76. The molecule has 3 heteroatoms. The molecule has 3 nitrogen and oxygen atoms in total. The van der Waals surface area contributed by atoms with Gasteiger partial charge in [0.2, 0.25) is 0 Å². The molecule has 3 unspecified atom stereocenters. The molecule has 1 aliphatic carbocycles. The fourth-order valence-electron chi connectivity index (χ4n) is 4.53. The van der Waals surface area contributed by atoms with Crippen LogP contribution < -0.4 is 5.32 Å². The molecule has 1 heterocycles. The van der Waals surface area contributed by atoms with Crippen molar-refractivity contribution in [3.05, 3.63) is 0 Å². The van der Waals surface area contributed by atoms with Crippen LogP contribution in [0.4, 0.5) is 0 Å². The third-order valence-corrected chi connectivity index (χ3v) is 5.30. The first kappa shape index (κ1) is 16.3. The highest BCUT2D eigenvalue weighted by Crippen LogP contribution is 2.36. The van der Waals surface area contributed by atoms with E-state index in [-0.39, 0.29) is 12.1 Å². The summed E-state index contributed by atoms with van der Waals surface area (Å²) in [5.41, 5.74) is -0.0405. The first-order valence-corrected chi connectivity index (χ1v) is 8.62. The molecule has 2 rings (SSSR count). The van der Waals surface area contributed by atoms with Crippen molar-refractivity contribution in [2.24, 2.45) is 5.92 Å². The second-order valence-electron chi connectivity index (χ2n) is 7.68. The van der Waals surface area contributed by atoms with E-state index < -0.39 is 0 Å². The molecule has 0 amide bonds. The van der Waals surface area contributed by atoms with Crippen molar-refractivity contribution < 1.29 is 5.11 Å². The first-order valence-electron chi connectivity index (χ1n) is 8.62. The van der Waals surface area contributed by atoms with Crippen LogP contribution in [0.5, 0.6) is 0 Å². The molecule has 1 saturated carbocycles. The summed E-state index contributed by atoms with van der Waals surface area (Å²) in [7, 11) is 0. The zero-order valence-corrected chi connectivity index (χ0v) is 13.9. The molecule has 1 aliphatic heterocycles. The van der Waals surface area contributed by atoms with Crippen LogP contribution in [0.25, 0.3) is 0 Å². The van der Waals surface area contributed by atoms with Gasteiger partial charge in [-0.3, -0.25) is 4.90 Å². The Labute approximate surface area is 125 Å². The Hall–Kier alpha value is -0.120. The molecule has 2 fully saturated rings. The summed E-state index contributed by atoms with van der Waals surface area (Å²) in [6, 6.07) is 1.87. The maximum absolute atomic E-state index is 9.95. The number of aliphatic hydroxyl groups excluding tert-OH is 1. The monoisotopic (exact) mass is 282 g/mol. The van der Waals surface area contributed by atoms with E-state index in [0.717, 1.165) is 24.8 Å². The van der Waals surface area contributed by atoms with Gasteiger partial charge in [-0.05, 0) is 51.0 Å². The van der Waals surface area contributed by atoms with Gasteiger partial charge in [-0.15, -0.1) is 0 Å². The summed E-state index contributed by atoms with van der Waals surface area (Å²) in [6.45, 7) is 10.6. The van der Waals surface area contributed by atoms with Crippen LogP contribution in [-0.4, -0.2) is 46.8 Å². The minimum atomic E-state index is -0.0405. The van der Waals surface area contributed by atoms with Crippen LogP contribution in [0.3, 0.4) is 0 Å². The van der Waals surface area contributed by atoms with Crippen LogP contribution in [0.15, 0.2) is 0 Å². The smallest absolute Gasteiger partial charge is 0.0613 e. The van der Waals surface area contributed by atoms with Gasteiger partial charge in [0, 0.05) is 23.7 Å². The predicted octanol–water partition coefficient (Wildman–Crippen LogP) is 2.78. The van der Waals surface area contributed by atoms with Crippen molar-refractivity contribution in [1.82, 2.24) is 10.2 Å². The Morgan fingerprint density at radius 3 is 2.55 bits per heavy atom. The van der Waals surface area contributed by atoms with Crippen LogP contribution in [0.2, 0.25) is 0 Å². The lowest BCUT2D eigenvalue weighted by molar-refractivity contribution is 0.0407. The van der Waals surface area contributed by atoms with Gasteiger partial charge in [0.15, 0.2) is 0 Å². The zero-order chi connectivity index (χ0) is 14.8. The van der Waals surface area contributed by atoms with Gasteiger partial charge in [0.1, 0.15) is 0 Å². The van der Waals surface area contributed by atoms with Crippen molar-refractivity contribution in [2.75, 3.05) is 13.2 Å². The van der Waals surface area contributed by atoms with E-state index >= 15 is 0 Å². The summed E-state index contributed by atoms with van der Waals surface area (Å²) in [5, 5.41) is 13.6. The second-order valence-corrected chi connectivity index (χ2v) is 7.68. The lowest BCUT2D eigenvalue weighted by Gasteiger charge is -2.46. The van der Waals surface area contributed by atoms with E-state index in [4.69, 9.17) is 0 Å². The Bertz CT molecular complexity index is 305. The summed E-state index contributed by atoms with van der Waals surface area (Å²) >= 11 is 0. The fraction of sp³-hybridized carbons (Fsp3) is 1.00. The SMILES string of the molecule is CC(C)NC1(CO)CCCC(N2CCCC2C(C)C)C1. The predicted molar refractivity (Wildman–Crippen MR) is 84.9 cm³/mol. The number of rotatable bonds is 5. The Morgan fingerprint density at radius 2 is 1.95 bits per heavy atom. The van der Waals surface area contributed by atoms with E-state index in [1.165, 1.54) is 32.2 Å². The molecule has 3 atom stereocenters. The molecule has 0 aromatic rings. The molecular weight excluding hydrogens is 248 g/mol. The fourth-order valence-corrected chi connectivity index (χ4v) is 4.53. The van der Waals surface area contributed by atoms with E-state index in [1.54, 1.807) is 0 Å². The van der Waals surface area contributed by atoms with E-state index in [1.807, 2.05) is 0 Å². The van der Waals surface area contributed by atoms with Crippen LogP contribution in [0.1, 0.15) is 66.2 Å². The van der Waals surface area contributed by atoms with Gasteiger partial charge < -0.3 is 10.4 Å². The summed E-state index contributed by atoms with van der Waals surface area (Å²) < 4.78 is 0. The molecule has 20 heavy (non-hydrogen) atoms. The topological polar surface area (TPSA) is 35.5 Å². The normalized spacial score (nSPS) is 36.1. The molecule has 0 radical (unpaired) electrons. The summed E-state index contributed by atoms with van der Waals surface area (Å²) in [6.07, 6.45) is 7.50. The lowest BCUT2D eigenvalue weighted by atomic mass is 9.78. The zero-order valence-electron chi connectivity index (χ0n) is 13.9. The number of hydrogen-bond donors (Lipinski definition) is 2. The minimum absolute atomic E-state index is 0.0405. The minimum Gasteiger partial charge on any atom is -0.394 e. The molecule has 0 bridgehead atoms. The summed E-state index contributed by atoms with van der Waals surface area (Å²) in [5.74, 6) is 0.751. The molecule has 118 valence electrons. The number of nitrogens with one attached hydrogen (secondary N) is 1. The van der Waals surface area contributed by atoms with Crippen molar-refractivity contribution >= 4 is 0 Å². The van der Waals surface area contributed by atoms with Crippen LogP contribution in [-0.2, 0) is 0 Å². The third kappa shape index (κ3) is 3.55. The van der Waals surface area contributed by atoms with E-state index in [9.17, 15) is 5.11 Å². The maximum Gasteiger partial charge on any atom is 0.0613 e. The number of aliphatic hydroxyl groups is 1. The average Bonchev–Trinajstić information content (AvgIpc) is 2.87. The van der Waals surface area contributed by atoms with E-state index in [2.05, 4.69) is 37.9 Å². The Kier molecular flexibility index (Phi) is 5.49. The van der Waals surface area contributed by atoms with E-state index in [0.29, 0.717) is 12.1 Å². The van der Waals surface area contributed by atoms with Crippen molar-refractivity contribution in [2.45, 2.75) is 89.9 Å². The standard InChI is InChI=1S/C17H34N2O/c1-13(2)16-8-6-10-19(16)15-7-5-9-17(11-15,12-20)18-14(3)4/h13-16,18,20H,5-12H2,1-4H3. The lowest BCUT2D eigenvalue weighted by Crippen LogP contribution is -2.58. The maximum atomic E-state index is 9.95. The Balaban J connectivity index is 2.05. The summed E-state index contributed by atoms with van der Waals surface area (Å²) in [4.78, 5) is 2.76. The molecule has 0 aromatic carbocycles. The van der Waals surface area contributed by atoms with Gasteiger partial charge in [-0.1, -0.05) is 27.7 Å². The number of likely N-dealkylation sites (tertiary alicyclic amines) is 1. The Morgan fingerprint density at radius 1 is 1.20 bits per heavy atom. The van der Waals surface area contributed by atoms with Gasteiger partial charge in [-0.25, -0.2) is 0 Å². The quantitative estimate of drug-likeness (QED) is 0.814. The third-order valence-electron chi connectivity index (χ3n) is 5.30. The van der Waals surface area contributed by atoms with Crippen molar-refractivity contribution in [1.29, 1.82) is 0 Å². The molecule has 2 N–H and O–H groups in total. The number of hydrogen-bond acceptors (Lipinski definition) is 3. The number of nitrogens with zero attached hydrogens (tertiary/aromatic N) is 1. The van der Waals surface area contributed by atoms with Crippen LogP contribution >= 0.6 is 0 Å². The largest absolute Gasteiger partial charge is 0.394 e. The van der Waals surface area contributed by atoms with Gasteiger partial charge in [-0.2, -0.15) is 0 Å². The molecule has 1 saturated heterocycles. The van der Waals surface area contributed by atoms with Crippen molar-refractivity contribution in [3.8, 4) is 0 Å². The van der Waals surface area contributed by atoms with Gasteiger partial charge in [0.25, 0.3) is 0 Å². The highest BCUT2D eigenvalue weighted by Gasteiger charge is 2.41. The molecule has 0 spiro atoms. The van der Waals surface area contributed by atoms with Crippen molar-refractivity contribution in [3.63, 3.8) is 0 Å². The van der Waals surface area contributed by atoms with Crippen LogP contribution in [0, 0.1) is 5.92 Å². The van der Waals surface area contributed by atoms with Gasteiger partial charge >= 0.3 is 0 Å². The molecule has 2 aliphatic rings. The molecule has 0 aromatic heterocycles.